The molecule has 7 nitrogen and oxygen atoms in total. The molecule has 0 spiro atoms. The number of amides is 1. The molecule has 0 saturated carbocycles. The molecule has 2 aromatic carbocycles. The second-order valence-corrected chi connectivity index (χ2v) is 8.09. The zero-order valence-electron chi connectivity index (χ0n) is 18.7. The van der Waals surface area contributed by atoms with Gasteiger partial charge in [-0.3, -0.25) is 14.6 Å². The van der Waals surface area contributed by atoms with Crippen LogP contribution in [-0.2, 0) is 22.7 Å². The largest absolute Gasteiger partial charge is 0.507 e. The lowest BCUT2D eigenvalue weighted by Gasteiger charge is -2.24. The number of hydrogen-bond acceptors (Lipinski definition) is 6. The summed E-state index contributed by atoms with van der Waals surface area (Å²) in [6, 6.07) is 22.8. The molecule has 0 bridgehead atoms. The summed E-state index contributed by atoms with van der Waals surface area (Å²) in [5, 5.41) is 11.1. The first-order valence-electron chi connectivity index (χ1n) is 11.1. The van der Waals surface area contributed by atoms with Crippen LogP contribution < -0.4 is 4.74 Å². The summed E-state index contributed by atoms with van der Waals surface area (Å²) in [5.74, 6) is -0.521. The summed E-state index contributed by atoms with van der Waals surface area (Å²) >= 11 is 0. The molecule has 5 rings (SSSR count). The van der Waals surface area contributed by atoms with Crippen LogP contribution >= 0.6 is 0 Å². The molecule has 0 radical (unpaired) electrons. The molecule has 1 fully saturated rings. The lowest BCUT2D eigenvalue weighted by atomic mass is 9.95. The Morgan fingerprint density at radius 3 is 2.37 bits per heavy atom. The molecule has 4 aromatic rings. The highest BCUT2D eigenvalue weighted by atomic mass is 16.5. The summed E-state index contributed by atoms with van der Waals surface area (Å²) in [7, 11) is 0. The van der Waals surface area contributed by atoms with Crippen LogP contribution in [0.3, 0.4) is 0 Å². The molecule has 174 valence electrons. The highest BCUT2D eigenvalue weighted by Gasteiger charge is 2.46. The van der Waals surface area contributed by atoms with Crippen molar-refractivity contribution in [1.82, 2.24) is 9.88 Å². The number of rotatable bonds is 7. The number of hydrogen-bond donors (Lipinski definition) is 1. The smallest absolute Gasteiger partial charge is 0.296 e. The Morgan fingerprint density at radius 2 is 1.69 bits per heavy atom. The maximum absolute atomic E-state index is 13.1. The monoisotopic (exact) mass is 466 g/mol. The first-order valence-corrected chi connectivity index (χ1v) is 11.1. The molecule has 35 heavy (non-hydrogen) atoms. The van der Waals surface area contributed by atoms with E-state index in [2.05, 4.69) is 4.98 Å². The van der Waals surface area contributed by atoms with Crippen molar-refractivity contribution in [2.24, 2.45) is 0 Å². The number of pyridine rings is 1. The Labute approximate surface area is 201 Å². The van der Waals surface area contributed by atoms with Crippen LogP contribution in [0.4, 0.5) is 0 Å². The number of Topliss-reactive ketones (excluding diaryl/α,β-unsaturated/α-hetero) is 1. The van der Waals surface area contributed by atoms with Gasteiger partial charge >= 0.3 is 0 Å². The van der Waals surface area contributed by atoms with Crippen LogP contribution in [-0.4, -0.2) is 26.7 Å². The van der Waals surface area contributed by atoms with Gasteiger partial charge in [0.2, 0.25) is 0 Å². The number of nitrogens with zero attached hydrogens (tertiary/aromatic N) is 2. The molecular formula is C28H22N2O5. The third-order valence-corrected chi connectivity index (χ3v) is 5.84. The fourth-order valence-corrected chi connectivity index (χ4v) is 4.11. The average Bonchev–Trinajstić information content (AvgIpc) is 3.51. The van der Waals surface area contributed by atoms with Gasteiger partial charge in [-0.25, -0.2) is 0 Å². The number of ether oxygens (including phenoxy) is 1. The van der Waals surface area contributed by atoms with Gasteiger partial charge in [0.15, 0.2) is 0 Å². The van der Waals surface area contributed by atoms with Crippen molar-refractivity contribution >= 4 is 17.4 Å². The molecule has 0 aliphatic carbocycles. The van der Waals surface area contributed by atoms with Gasteiger partial charge in [-0.2, -0.15) is 0 Å². The van der Waals surface area contributed by atoms with Crippen molar-refractivity contribution in [1.29, 1.82) is 0 Å². The summed E-state index contributed by atoms with van der Waals surface area (Å²) in [6.45, 7) is 0.501. The molecule has 1 aliphatic rings. The van der Waals surface area contributed by atoms with Crippen LogP contribution in [0.25, 0.3) is 5.76 Å². The van der Waals surface area contributed by atoms with Crippen molar-refractivity contribution in [3.05, 3.63) is 126 Å². The zero-order valence-corrected chi connectivity index (χ0v) is 18.7. The minimum absolute atomic E-state index is 0.0192. The number of aliphatic hydroxyl groups is 1. The van der Waals surface area contributed by atoms with Gasteiger partial charge in [-0.05, 0) is 47.5 Å². The fourth-order valence-electron chi connectivity index (χ4n) is 4.11. The Bertz CT molecular complexity index is 1350. The maximum Gasteiger partial charge on any atom is 0.296 e. The molecule has 1 atom stereocenters. The molecule has 1 aliphatic heterocycles. The van der Waals surface area contributed by atoms with Gasteiger partial charge in [0.1, 0.15) is 23.9 Å². The Hall–Kier alpha value is -4.65. The number of carbonyl (C=O) groups is 2. The number of ketones is 1. The van der Waals surface area contributed by atoms with E-state index in [0.29, 0.717) is 29.2 Å². The quantitative estimate of drug-likeness (QED) is 0.237. The standard InChI is InChI=1S/C28H22N2O5/c31-26(21-12-14-29-15-13-21)24-25(30(28(33)27(24)32)17-23-7-4-16-34-23)20-8-10-22(11-9-20)35-18-19-5-2-1-3-6-19/h1-16,25,31H,17-18H2. The summed E-state index contributed by atoms with van der Waals surface area (Å²) < 4.78 is 11.3. The zero-order chi connectivity index (χ0) is 24.2. The van der Waals surface area contributed by atoms with E-state index in [1.807, 2.05) is 30.3 Å². The van der Waals surface area contributed by atoms with Crippen LogP contribution in [0.2, 0.25) is 0 Å². The number of carbonyl (C=O) groups excluding carboxylic acids is 2. The third-order valence-electron chi connectivity index (χ3n) is 5.84. The van der Waals surface area contributed by atoms with Crippen molar-refractivity contribution in [2.45, 2.75) is 19.2 Å². The molecule has 1 amide bonds. The van der Waals surface area contributed by atoms with Crippen molar-refractivity contribution in [2.75, 3.05) is 0 Å². The second-order valence-electron chi connectivity index (χ2n) is 8.09. The topological polar surface area (TPSA) is 92.9 Å². The van der Waals surface area contributed by atoms with E-state index in [1.165, 1.54) is 23.6 Å². The number of aromatic nitrogens is 1. The van der Waals surface area contributed by atoms with Crippen molar-refractivity contribution in [3.8, 4) is 5.75 Å². The Balaban J connectivity index is 1.50. The van der Waals surface area contributed by atoms with E-state index < -0.39 is 17.7 Å². The van der Waals surface area contributed by atoms with Gasteiger partial charge in [-0.1, -0.05) is 42.5 Å². The number of aliphatic hydroxyl groups excluding tert-OH is 1. The van der Waals surface area contributed by atoms with E-state index in [9.17, 15) is 14.7 Å². The Morgan fingerprint density at radius 1 is 0.943 bits per heavy atom. The first kappa shape index (κ1) is 22.2. The minimum atomic E-state index is -0.795. The molecule has 7 heteroatoms. The maximum atomic E-state index is 13.1. The average molecular weight is 466 g/mol. The lowest BCUT2D eigenvalue weighted by molar-refractivity contribution is -0.140. The molecule has 1 saturated heterocycles. The predicted octanol–water partition coefficient (Wildman–Crippen LogP) is 4.88. The van der Waals surface area contributed by atoms with E-state index in [0.717, 1.165) is 5.56 Å². The van der Waals surface area contributed by atoms with Gasteiger partial charge in [-0.15, -0.1) is 0 Å². The predicted molar refractivity (Wildman–Crippen MR) is 128 cm³/mol. The summed E-state index contributed by atoms with van der Waals surface area (Å²) in [6.07, 6.45) is 4.54. The summed E-state index contributed by atoms with van der Waals surface area (Å²) in [5.41, 5.74) is 2.13. The molecule has 1 unspecified atom stereocenters. The highest BCUT2D eigenvalue weighted by molar-refractivity contribution is 6.46. The van der Waals surface area contributed by atoms with E-state index in [-0.39, 0.29) is 17.9 Å². The molecule has 3 heterocycles. The van der Waals surface area contributed by atoms with Crippen molar-refractivity contribution in [3.63, 3.8) is 0 Å². The number of likely N-dealkylation sites (tertiary alicyclic amines) is 1. The normalized spacial score (nSPS) is 17.0. The molecular weight excluding hydrogens is 444 g/mol. The fraction of sp³-hybridized carbons (Fsp3) is 0.107. The van der Waals surface area contributed by atoms with Gasteiger partial charge < -0.3 is 19.2 Å². The SMILES string of the molecule is O=C1C(=O)N(Cc2ccco2)C(c2ccc(OCc3ccccc3)cc2)C1=C(O)c1ccncc1. The lowest BCUT2D eigenvalue weighted by Crippen LogP contribution is -2.29. The van der Waals surface area contributed by atoms with E-state index in [1.54, 1.807) is 48.5 Å². The number of furan rings is 1. The van der Waals surface area contributed by atoms with Gasteiger partial charge in [0.05, 0.1) is 24.4 Å². The summed E-state index contributed by atoms with van der Waals surface area (Å²) in [4.78, 5) is 31.5. The van der Waals surface area contributed by atoms with Crippen LogP contribution in [0, 0.1) is 0 Å². The minimum Gasteiger partial charge on any atom is -0.507 e. The number of benzene rings is 2. The molecule has 1 N–H and O–H groups in total. The third kappa shape index (κ3) is 4.56. The molecule has 2 aromatic heterocycles. The second kappa shape index (κ2) is 9.69. The van der Waals surface area contributed by atoms with Gasteiger partial charge in [0, 0.05) is 18.0 Å². The van der Waals surface area contributed by atoms with E-state index in [4.69, 9.17) is 9.15 Å². The first-order chi connectivity index (χ1) is 17.1. The Kier molecular flexibility index (Phi) is 6.13. The van der Waals surface area contributed by atoms with Crippen molar-refractivity contribution < 1.29 is 23.8 Å². The van der Waals surface area contributed by atoms with Gasteiger partial charge in [0.25, 0.3) is 11.7 Å². The highest BCUT2D eigenvalue weighted by Crippen LogP contribution is 2.40. The van der Waals surface area contributed by atoms with Crippen LogP contribution in [0.15, 0.2) is 108 Å². The van der Waals surface area contributed by atoms with Crippen LogP contribution in [0.1, 0.15) is 28.5 Å². The van der Waals surface area contributed by atoms with E-state index >= 15 is 0 Å². The van der Waals surface area contributed by atoms with Crippen LogP contribution in [0.5, 0.6) is 5.75 Å².